The lowest BCUT2D eigenvalue weighted by atomic mass is 10.2. The number of hydrogen-bond donors (Lipinski definition) is 0. The number of carbonyl (C=O) groups excluding carboxylic acids is 2. The third-order valence-electron chi connectivity index (χ3n) is 5.78. The first kappa shape index (κ1) is 22.6. The molecule has 4 rings (SSSR count). The van der Waals surface area contributed by atoms with E-state index in [-0.39, 0.29) is 28.9 Å². The quantitative estimate of drug-likeness (QED) is 0.691. The average molecular weight is 470 g/mol. The van der Waals surface area contributed by atoms with Crippen molar-refractivity contribution in [2.75, 3.05) is 45.8 Å². The van der Waals surface area contributed by atoms with Crippen molar-refractivity contribution in [3.8, 4) is 5.69 Å². The fourth-order valence-electron chi connectivity index (χ4n) is 4.01. The van der Waals surface area contributed by atoms with E-state index in [0.717, 1.165) is 36.7 Å². The molecule has 2 fully saturated rings. The van der Waals surface area contributed by atoms with Crippen molar-refractivity contribution in [3.63, 3.8) is 0 Å². The second kappa shape index (κ2) is 9.11. The first-order chi connectivity index (χ1) is 15.2. The molecule has 2 amide bonds. The summed E-state index contributed by atoms with van der Waals surface area (Å²) in [5.41, 5.74) is -1.16. The standard InChI is InChI=1S/C21H23ClF3N5O2/c22-15-5-1-2-6-16(15)30-17(13-18(26-30)21(23,24)25)20(32)29-11-9-27(10-12-29)14-19(31)28-7-3-4-8-28/h1-2,5-6,13H,3-4,7-12,14H2. The Hall–Kier alpha value is -2.59. The van der Waals surface area contributed by atoms with Crippen molar-refractivity contribution in [2.24, 2.45) is 0 Å². The first-order valence-corrected chi connectivity index (χ1v) is 10.8. The Balaban J connectivity index is 1.49. The number of aromatic nitrogens is 2. The molecule has 172 valence electrons. The smallest absolute Gasteiger partial charge is 0.342 e. The number of amides is 2. The lowest BCUT2D eigenvalue weighted by molar-refractivity contribution is -0.141. The van der Waals surface area contributed by atoms with Crippen LogP contribution in [0.15, 0.2) is 30.3 Å². The van der Waals surface area contributed by atoms with Gasteiger partial charge in [0.05, 0.1) is 17.3 Å². The van der Waals surface area contributed by atoms with E-state index in [1.54, 1.807) is 12.1 Å². The molecule has 1 aromatic carbocycles. The molecule has 0 saturated carbocycles. The van der Waals surface area contributed by atoms with Gasteiger partial charge in [-0.25, -0.2) is 4.68 Å². The number of alkyl halides is 3. The minimum absolute atomic E-state index is 0.0777. The van der Waals surface area contributed by atoms with Crippen LogP contribution >= 0.6 is 11.6 Å². The van der Waals surface area contributed by atoms with Crippen LogP contribution in [0.4, 0.5) is 13.2 Å². The maximum atomic E-state index is 13.3. The highest BCUT2D eigenvalue weighted by Gasteiger charge is 2.37. The van der Waals surface area contributed by atoms with Crippen molar-refractivity contribution >= 4 is 23.4 Å². The Kier molecular flexibility index (Phi) is 6.43. The highest BCUT2D eigenvalue weighted by molar-refractivity contribution is 6.32. The topological polar surface area (TPSA) is 61.7 Å². The van der Waals surface area contributed by atoms with E-state index in [2.05, 4.69) is 5.10 Å². The lowest BCUT2D eigenvalue weighted by Gasteiger charge is -2.35. The van der Waals surface area contributed by atoms with Gasteiger partial charge in [-0.1, -0.05) is 23.7 Å². The molecule has 2 saturated heterocycles. The predicted octanol–water partition coefficient (Wildman–Crippen LogP) is 2.92. The first-order valence-electron chi connectivity index (χ1n) is 10.5. The van der Waals surface area contributed by atoms with E-state index in [4.69, 9.17) is 11.6 Å². The molecular formula is C21H23ClF3N5O2. The highest BCUT2D eigenvalue weighted by atomic mass is 35.5. The molecule has 2 aliphatic heterocycles. The Bertz CT molecular complexity index is 996. The average Bonchev–Trinajstić information content (AvgIpc) is 3.44. The lowest BCUT2D eigenvalue weighted by Crippen LogP contribution is -2.51. The summed E-state index contributed by atoms with van der Waals surface area (Å²) in [6, 6.07) is 7.05. The van der Waals surface area contributed by atoms with Gasteiger partial charge in [-0.3, -0.25) is 14.5 Å². The van der Waals surface area contributed by atoms with Crippen LogP contribution in [-0.2, 0) is 11.0 Å². The number of benzene rings is 1. The zero-order chi connectivity index (χ0) is 22.9. The van der Waals surface area contributed by atoms with Crippen LogP contribution in [0.2, 0.25) is 5.02 Å². The maximum Gasteiger partial charge on any atom is 0.435 e. The van der Waals surface area contributed by atoms with Gasteiger partial charge in [0.25, 0.3) is 5.91 Å². The fraction of sp³-hybridized carbons (Fsp3) is 0.476. The summed E-state index contributed by atoms with van der Waals surface area (Å²) in [5, 5.41) is 3.81. The Morgan fingerprint density at radius 3 is 2.25 bits per heavy atom. The highest BCUT2D eigenvalue weighted by Crippen LogP contribution is 2.31. The monoisotopic (exact) mass is 469 g/mol. The van der Waals surface area contributed by atoms with Gasteiger partial charge in [0, 0.05) is 45.3 Å². The van der Waals surface area contributed by atoms with Crippen LogP contribution < -0.4 is 0 Å². The normalized spacial score (nSPS) is 17.8. The van der Waals surface area contributed by atoms with Gasteiger partial charge in [0.2, 0.25) is 5.91 Å². The van der Waals surface area contributed by atoms with Crippen LogP contribution in [-0.4, -0.2) is 82.1 Å². The van der Waals surface area contributed by atoms with Crippen LogP contribution in [0.25, 0.3) is 5.69 Å². The van der Waals surface area contributed by atoms with Gasteiger partial charge in [-0.05, 0) is 25.0 Å². The SMILES string of the molecule is O=C(CN1CCN(C(=O)c2cc(C(F)(F)F)nn2-c2ccccc2Cl)CC1)N1CCCC1. The molecule has 7 nitrogen and oxygen atoms in total. The molecule has 32 heavy (non-hydrogen) atoms. The Morgan fingerprint density at radius 1 is 0.969 bits per heavy atom. The van der Waals surface area contributed by atoms with Crippen LogP contribution in [0.1, 0.15) is 29.0 Å². The number of rotatable bonds is 4. The zero-order valence-electron chi connectivity index (χ0n) is 17.3. The zero-order valence-corrected chi connectivity index (χ0v) is 18.1. The van der Waals surface area contributed by atoms with Gasteiger partial charge in [0.15, 0.2) is 5.69 Å². The van der Waals surface area contributed by atoms with Gasteiger partial charge in [-0.2, -0.15) is 18.3 Å². The summed E-state index contributed by atoms with van der Waals surface area (Å²) in [5.74, 6) is -0.479. The molecule has 3 heterocycles. The summed E-state index contributed by atoms with van der Waals surface area (Å²) < 4.78 is 40.9. The van der Waals surface area contributed by atoms with Gasteiger partial charge < -0.3 is 9.80 Å². The number of halogens is 4. The number of nitrogens with zero attached hydrogens (tertiary/aromatic N) is 5. The summed E-state index contributed by atoms with van der Waals surface area (Å²) in [4.78, 5) is 30.8. The summed E-state index contributed by atoms with van der Waals surface area (Å²) in [7, 11) is 0. The van der Waals surface area contributed by atoms with Gasteiger partial charge in [-0.15, -0.1) is 0 Å². The molecule has 0 atom stereocenters. The molecular weight excluding hydrogens is 447 g/mol. The van der Waals surface area contributed by atoms with Crippen molar-refractivity contribution in [2.45, 2.75) is 19.0 Å². The predicted molar refractivity (Wildman–Crippen MR) is 112 cm³/mol. The molecule has 0 unspecified atom stereocenters. The van der Waals surface area contributed by atoms with E-state index in [9.17, 15) is 22.8 Å². The van der Waals surface area contributed by atoms with Gasteiger partial charge in [0.1, 0.15) is 5.69 Å². The van der Waals surface area contributed by atoms with E-state index in [1.807, 2.05) is 9.80 Å². The number of para-hydroxylation sites is 1. The number of piperazine rings is 1. The largest absolute Gasteiger partial charge is 0.435 e. The second-order valence-electron chi connectivity index (χ2n) is 7.93. The van der Waals surface area contributed by atoms with Crippen molar-refractivity contribution in [1.29, 1.82) is 0 Å². The summed E-state index contributed by atoms with van der Waals surface area (Å²) >= 11 is 6.16. The molecule has 0 radical (unpaired) electrons. The van der Waals surface area contributed by atoms with E-state index in [0.29, 0.717) is 26.2 Å². The number of likely N-dealkylation sites (tertiary alicyclic amines) is 1. The minimum atomic E-state index is -4.70. The Labute approximate surface area is 188 Å². The molecule has 0 spiro atoms. The molecule has 2 aromatic rings. The molecule has 0 N–H and O–H groups in total. The maximum absolute atomic E-state index is 13.3. The number of carbonyl (C=O) groups is 2. The summed E-state index contributed by atoms with van der Waals surface area (Å²) in [6.45, 7) is 3.41. The minimum Gasteiger partial charge on any atom is -0.342 e. The van der Waals surface area contributed by atoms with Crippen LogP contribution in [0.3, 0.4) is 0 Å². The Morgan fingerprint density at radius 2 is 1.62 bits per heavy atom. The van der Waals surface area contributed by atoms with E-state index < -0.39 is 17.8 Å². The third-order valence-corrected chi connectivity index (χ3v) is 6.10. The van der Waals surface area contributed by atoms with Crippen LogP contribution in [0.5, 0.6) is 0 Å². The molecule has 0 aliphatic carbocycles. The van der Waals surface area contributed by atoms with Gasteiger partial charge >= 0.3 is 6.18 Å². The van der Waals surface area contributed by atoms with Crippen molar-refractivity contribution in [3.05, 3.63) is 46.7 Å². The second-order valence-corrected chi connectivity index (χ2v) is 8.34. The summed E-state index contributed by atoms with van der Waals surface area (Å²) in [6.07, 6.45) is -2.66. The number of hydrogen-bond acceptors (Lipinski definition) is 4. The van der Waals surface area contributed by atoms with Crippen molar-refractivity contribution < 1.29 is 22.8 Å². The van der Waals surface area contributed by atoms with E-state index in [1.165, 1.54) is 17.0 Å². The van der Waals surface area contributed by atoms with E-state index >= 15 is 0 Å². The molecule has 2 aliphatic rings. The molecule has 0 bridgehead atoms. The fourth-order valence-corrected chi connectivity index (χ4v) is 4.22. The molecule has 1 aromatic heterocycles. The third kappa shape index (κ3) is 4.75. The van der Waals surface area contributed by atoms with Crippen molar-refractivity contribution in [1.82, 2.24) is 24.5 Å². The molecule has 11 heteroatoms. The van der Waals surface area contributed by atoms with Crippen LogP contribution in [0, 0.1) is 0 Å².